The van der Waals surface area contributed by atoms with Gasteiger partial charge in [0.15, 0.2) is 0 Å². The van der Waals surface area contributed by atoms with Gasteiger partial charge in [0.2, 0.25) is 0 Å². The second kappa shape index (κ2) is 9.65. The molecule has 80 valence electrons. The average molecular weight is 194 g/mol. The average Bonchev–Trinajstić information content (AvgIpc) is 2.08. The van der Waals surface area contributed by atoms with E-state index >= 15 is 0 Å². The van der Waals surface area contributed by atoms with Crippen molar-refractivity contribution in [1.29, 1.82) is 0 Å². The monoisotopic (exact) mass is 194 g/mol. The van der Waals surface area contributed by atoms with E-state index in [0.717, 1.165) is 12.5 Å². The zero-order valence-corrected chi connectivity index (χ0v) is 8.94. The quantitative estimate of drug-likeness (QED) is 0.607. The van der Waals surface area contributed by atoms with Gasteiger partial charge in [0, 0.05) is 7.11 Å². The molecule has 0 fully saturated rings. The zero-order chi connectivity index (χ0) is 10.7. The molecule has 0 atom stereocenters. The van der Waals surface area contributed by atoms with Gasteiger partial charge in [-0.2, -0.15) is 8.78 Å². The Bertz CT molecular complexity index is 122. The molecule has 0 rings (SSSR count). The zero-order valence-electron chi connectivity index (χ0n) is 8.94. The molecule has 0 aliphatic carbocycles. The standard InChI is InChI=1S/C8H14F2O.C2H6/c1-3-4-5-6-8(9,10)7-11-2;1-2/h5-6H,3-4,7H2,1-2H3;1-2H3/b6-5+;. The maximum absolute atomic E-state index is 12.5. The van der Waals surface area contributed by atoms with E-state index in [2.05, 4.69) is 4.74 Å². The molecule has 0 amide bonds. The van der Waals surface area contributed by atoms with Crippen LogP contribution in [0.3, 0.4) is 0 Å². The molecule has 0 radical (unpaired) electrons. The van der Waals surface area contributed by atoms with Gasteiger partial charge in [-0.05, 0) is 12.5 Å². The molecule has 0 aliphatic rings. The maximum Gasteiger partial charge on any atom is 0.289 e. The molecule has 0 bridgehead atoms. The number of hydrogen-bond acceptors (Lipinski definition) is 1. The Labute approximate surface area is 79.8 Å². The van der Waals surface area contributed by atoms with Crippen molar-refractivity contribution >= 4 is 0 Å². The van der Waals surface area contributed by atoms with E-state index in [1.807, 2.05) is 20.8 Å². The van der Waals surface area contributed by atoms with Crippen molar-refractivity contribution in [2.75, 3.05) is 13.7 Å². The number of allylic oxidation sites excluding steroid dienone is 1. The summed E-state index contributed by atoms with van der Waals surface area (Å²) in [5.74, 6) is -2.80. The van der Waals surface area contributed by atoms with Crippen LogP contribution in [-0.2, 0) is 4.74 Å². The highest BCUT2D eigenvalue weighted by atomic mass is 19.3. The van der Waals surface area contributed by atoms with Gasteiger partial charge >= 0.3 is 0 Å². The molecule has 3 heteroatoms. The van der Waals surface area contributed by atoms with E-state index in [1.165, 1.54) is 13.2 Å². The second-order valence-electron chi connectivity index (χ2n) is 2.39. The van der Waals surface area contributed by atoms with Crippen LogP contribution in [0.5, 0.6) is 0 Å². The summed E-state index contributed by atoms with van der Waals surface area (Å²) in [6, 6.07) is 0. The summed E-state index contributed by atoms with van der Waals surface area (Å²) in [5, 5.41) is 0. The Morgan fingerprint density at radius 3 is 2.23 bits per heavy atom. The van der Waals surface area contributed by atoms with Gasteiger partial charge in [0.05, 0.1) is 0 Å². The third-order valence-corrected chi connectivity index (χ3v) is 1.15. The SMILES string of the molecule is CC.CCC/C=C/C(F)(F)COC. The number of alkyl halides is 2. The van der Waals surface area contributed by atoms with E-state index in [1.54, 1.807) is 0 Å². The van der Waals surface area contributed by atoms with Gasteiger partial charge in [-0.3, -0.25) is 0 Å². The molecule has 13 heavy (non-hydrogen) atoms. The fourth-order valence-electron chi connectivity index (χ4n) is 0.663. The van der Waals surface area contributed by atoms with E-state index in [4.69, 9.17) is 0 Å². The highest BCUT2D eigenvalue weighted by molar-refractivity contribution is 4.94. The second-order valence-corrected chi connectivity index (χ2v) is 2.39. The van der Waals surface area contributed by atoms with E-state index in [0.29, 0.717) is 6.42 Å². The van der Waals surface area contributed by atoms with E-state index in [-0.39, 0.29) is 0 Å². The molecule has 0 spiro atoms. The van der Waals surface area contributed by atoms with Crippen LogP contribution in [0.1, 0.15) is 33.6 Å². The first-order chi connectivity index (χ1) is 6.12. The number of rotatable bonds is 5. The van der Waals surface area contributed by atoms with Crippen molar-refractivity contribution in [3.05, 3.63) is 12.2 Å². The normalized spacial score (nSPS) is 11.2. The van der Waals surface area contributed by atoms with Gasteiger partial charge in [-0.15, -0.1) is 0 Å². The largest absolute Gasteiger partial charge is 0.378 e. The number of halogens is 2. The molecule has 0 heterocycles. The van der Waals surface area contributed by atoms with Gasteiger partial charge in [-0.25, -0.2) is 0 Å². The van der Waals surface area contributed by atoms with Gasteiger partial charge in [-0.1, -0.05) is 33.3 Å². The van der Waals surface area contributed by atoms with Crippen LogP contribution < -0.4 is 0 Å². The van der Waals surface area contributed by atoms with Gasteiger partial charge < -0.3 is 4.74 Å². The third kappa shape index (κ3) is 11.6. The Kier molecular flexibility index (Phi) is 11.2. The summed E-state index contributed by atoms with van der Waals surface area (Å²) in [6.45, 7) is 5.41. The fraction of sp³-hybridized carbons (Fsp3) is 0.800. The number of methoxy groups -OCH3 is 1. The van der Waals surface area contributed by atoms with Crippen molar-refractivity contribution in [2.24, 2.45) is 0 Å². The lowest BCUT2D eigenvalue weighted by Crippen LogP contribution is -2.19. The van der Waals surface area contributed by atoms with Gasteiger partial charge in [0.1, 0.15) is 6.61 Å². The number of ether oxygens (including phenoxy) is 1. The van der Waals surface area contributed by atoms with Crippen LogP contribution in [0.2, 0.25) is 0 Å². The summed E-state index contributed by atoms with van der Waals surface area (Å²) in [4.78, 5) is 0. The predicted molar refractivity (Wildman–Crippen MR) is 52.2 cm³/mol. The van der Waals surface area contributed by atoms with Crippen LogP contribution in [0, 0.1) is 0 Å². The third-order valence-electron chi connectivity index (χ3n) is 1.15. The van der Waals surface area contributed by atoms with Crippen molar-refractivity contribution in [3.63, 3.8) is 0 Å². The van der Waals surface area contributed by atoms with Crippen LogP contribution in [-0.4, -0.2) is 19.6 Å². The van der Waals surface area contributed by atoms with Crippen LogP contribution in [0.15, 0.2) is 12.2 Å². The predicted octanol–water partition coefficient (Wildman–Crippen LogP) is 3.65. The molecule has 0 aromatic rings. The smallest absolute Gasteiger partial charge is 0.289 e. The highest BCUT2D eigenvalue weighted by Crippen LogP contribution is 2.15. The Morgan fingerprint density at radius 2 is 1.85 bits per heavy atom. The minimum Gasteiger partial charge on any atom is -0.378 e. The fourth-order valence-corrected chi connectivity index (χ4v) is 0.663. The maximum atomic E-state index is 12.5. The van der Waals surface area contributed by atoms with Crippen LogP contribution >= 0.6 is 0 Å². The molecule has 0 saturated heterocycles. The molecular weight excluding hydrogens is 174 g/mol. The molecule has 0 aliphatic heterocycles. The lowest BCUT2D eigenvalue weighted by molar-refractivity contribution is -0.0233. The lowest BCUT2D eigenvalue weighted by Gasteiger charge is -2.08. The summed E-state index contributed by atoms with van der Waals surface area (Å²) in [6.07, 6.45) is 3.97. The van der Waals surface area contributed by atoms with Crippen molar-refractivity contribution in [3.8, 4) is 0 Å². The number of unbranched alkanes of at least 4 members (excludes halogenated alkanes) is 1. The summed E-state index contributed by atoms with van der Waals surface area (Å²) in [5.41, 5.74) is 0. The Hall–Kier alpha value is -0.440. The molecule has 1 nitrogen and oxygen atoms in total. The molecule has 0 unspecified atom stereocenters. The van der Waals surface area contributed by atoms with Gasteiger partial charge in [0.25, 0.3) is 5.92 Å². The Morgan fingerprint density at radius 1 is 1.31 bits per heavy atom. The highest BCUT2D eigenvalue weighted by Gasteiger charge is 2.23. The van der Waals surface area contributed by atoms with Crippen molar-refractivity contribution in [1.82, 2.24) is 0 Å². The molecule has 0 aromatic carbocycles. The molecule has 0 N–H and O–H groups in total. The summed E-state index contributed by atoms with van der Waals surface area (Å²) >= 11 is 0. The molecular formula is C10H20F2O. The first-order valence-corrected chi connectivity index (χ1v) is 4.67. The number of hydrogen-bond donors (Lipinski definition) is 0. The summed E-state index contributed by atoms with van der Waals surface area (Å²) < 4.78 is 29.4. The molecule has 0 aromatic heterocycles. The minimum absolute atomic E-state index is 0.535. The van der Waals surface area contributed by atoms with E-state index < -0.39 is 12.5 Å². The van der Waals surface area contributed by atoms with Crippen molar-refractivity contribution < 1.29 is 13.5 Å². The topological polar surface area (TPSA) is 9.23 Å². The van der Waals surface area contributed by atoms with Crippen molar-refractivity contribution in [2.45, 2.75) is 39.5 Å². The van der Waals surface area contributed by atoms with E-state index in [9.17, 15) is 8.78 Å². The lowest BCUT2D eigenvalue weighted by atomic mass is 10.2. The Balaban J connectivity index is 0. The molecule has 0 saturated carbocycles. The van der Waals surface area contributed by atoms with Crippen LogP contribution in [0.25, 0.3) is 0 Å². The summed E-state index contributed by atoms with van der Waals surface area (Å²) in [7, 11) is 1.27. The first-order valence-electron chi connectivity index (χ1n) is 4.67. The first kappa shape index (κ1) is 15.1. The van der Waals surface area contributed by atoms with Crippen LogP contribution in [0.4, 0.5) is 8.78 Å². The minimum atomic E-state index is -2.80.